The molecule has 0 amide bonds. The number of aromatic nitrogens is 2. The third-order valence-corrected chi connectivity index (χ3v) is 4.56. The van der Waals surface area contributed by atoms with E-state index in [1.165, 1.54) is 5.56 Å². The van der Waals surface area contributed by atoms with Crippen LogP contribution in [0.5, 0.6) is 11.5 Å². The minimum atomic E-state index is -2.93. The van der Waals surface area contributed by atoms with Gasteiger partial charge < -0.3 is 20.1 Å². The van der Waals surface area contributed by atoms with E-state index in [1.807, 2.05) is 25.6 Å². The number of aryl methyl sites for hydroxylation is 2. The second-order valence-electron chi connectivity index (χ2n) is 6.43. The van der Waals surface area contributed by atoms with Gasteiger partial charge in [-0.2, -0.15) is 13.9 Å². The molecule has 0 aliphatic carbocycles. The summed E-state index contributed by atoms with van der Waals surface area (Å²) >= 11 is 0. The number of hydrogen-bond acceptors (Lipinski definition) is 4. The molecule has 2 N–H and O–H groups in total. The Kier molecular flexibility index (Phi) is 8.23. The maximum Gasteiger partial charge on any atom is 0.387 e. The molecule has 0 atom stereocenters. The van der Waals surface area contributed by atoms with Crippen molar-refractivity contribution >= 4 is 5.96 Å². The molecule has 1 aromatic carbocycles. The van der Waals surface area contributed by atoms with Crippen LogP contribution < -0.4 is 20.1 Å². The van der Waals surface area contributed by atoms with E-state index in [0.717, 1.165) is 17.8 Å². The quantitative estimate of drug-likeness (QED) is 0.492. The fraction of sp³-hybridized carbons (Fsp3) is 0.500. The van der Waals surface area contributed by atoms with Crippen LogP contribution in [-0.2, 0) is 20.0 Å². The molecule has 0 unspecified atom stereocenters. The lowest BCUT2D eigenvalue weighted by Gasteiger charge is -2.17. The number of benzene rings is 1. The summed E-state index contributed by atoms with van der Waals surface area (Å²) in [6.07, 6.45) is 0.797. The summed E-state index contributed by atoms with van der Waals surface area (Å²) in [4.78, 5) is 4.19. The van der Waals surface area contributed by atoms with Gasteiger partial charge in [0.1, 0.15) is 0 Å². The lowest BCUT2D eigenvalue weighted by molar-refractivity contribution is -0.0520. The maximum atomic E-state index is 12.8. The lowest BCUT2D eigenvalue weighted by atomic mass is 10.1. The fourth-order valence-electron chi connectivity index (χ4n) is 3.08. The fourth-order valence-corrected chi connectivity index (χ4v) is 3.08. The zero-order chi connectivity index (χ0) is 21.4. The van der Waals surface area contributed by atoms with Crippen LogP contribution in [0, 0.1) is 13.8 Å². The Hall–Kier alpha value is -2.84. The van der Waals surface area contributed by atoms with Crippen LogP contribution in [0.15, 0.2) is 23.2 Å². The standard InChI is InChI=1S/C20H29F2N5O2/c1-6-28-17-9-7-8-15(18(17)29-19(21)22)12-25-20(23-4)24-11-10-16-13(2)26-27(5)14(16)3/h7-9,19H,6,10-12H2,1-5H3,(H2,23,24,25). The van der Waals surface area contributed by atoms with Crippen molar-refractivity contribution in [3.63, 3.8) is 0 Å². The van der Waals surface area contributed by atoms with Crippen LogP contribution in [0.4, 0.5) is 8.78 Å². The van der Waals surface area contributed by atoms with Crippen molar-refractivity contribution in [1.29, 1.82) is 0 Å². The number of rotatable bonds is 9. The van der Waals surface area contributed by atoms with Gasteiger partial charge in [0, 0.05) is 38.4 Å². The van der Waals surface area contributed by atoms with Crippen LogP contribution in [0.25, 0.3) is 0 Å². The van der Waals surface area contributed by atoms with Gasteiger partial charge in [-0.1, -0.05) is 12.1 Å². The Bertz CT molecular complexity index is 837. The summed E-state index contributed by atoms with van der Waals surface area (Å²) < 4.78 is 37.7. The molecule has 0 saturated heterocycles. The molecule has 0 radical (unpaired) electrons. The van der Waals surface area contributed by atoms with Crippen molar-refractivity contribution in [3.8, 4) is 11.5 Å². The van der Waals surface area contributed by atoms with Crippen molar-refractivity contribution in [3.05, 3.63) is 40.7 Å². The first kappa shape index (κ1) is 22.4. The van der Waals surface area contributed by atoms with Gasteiger partial charge in [-0.3, -0.25) is 9.67 Å². The lowest BCUT2D eigenvalue weighted by Crippen LogP contribution is -2.38. The summed E-state index contributed by atoms with van der Waals surface area (Å²) in [7, 11) is 3.58. The molecule has 0 aliphatic heterocycles. The predicted molar refractivity (Wildman–Crippen MR) is 109 cm³/mol. The molecule has 1 aromatic heterocycles. The van der Waals surface area contributed by atoms with Crippen molar-refractivity contribution in [2.45, 2.75) is 40.3 Å². The van der Waals surface area contributed by atoms with Crippen LogP contribution in [-0.4, -0.2) is 42.6 Å². The summed E-state index contributed by atoms with van der Waals surface area (Å²) in [6, 6.07) is 5.06. The van der Waals surface area contributed by atoms with E-state index in [2.05, 4.69) is 20.7 Å². The van der Waals surface area contributed by atoms with Crippen LogP contribution in [0.2, 0.25) is 0 Å². The number of guanidine groups is 1. The van der Waals surface area contributed by atoms with Crippen molar-refractivity contribution in [1.82, 2.24) is 20.4 Å². The number of para-hydroxylation sites is 1. The van der Waals surface area contributed by atoms with E-state index < -0.39 is 6.61 Å². The number of aliphatic imine (C=N–C) groups is 1. The Morgan fingerprint density at radius 2 is 2.03 bits per heavy atom. The molecule has 1 heterocycles. The van der Waals surface area contributed by atoms with E-state index in [0.29, 0.717) is 24.7 Å². The maximum absolute atomic E-state index is 12.8. The number of nitrogens with one attached hydrogen (secondary N) is 2. The van der Waals surface area contributed by atoms with Gasteiger partial charge in [0.25, 0.3) is 0 Å². The molecule has 0 fully saturated rings. The smallest absolute Gasteiger partial charge is 0.387 e. The molecule has 0 bridgehead atoms. The third-order valence-electron chi connectivity index (χ3n) is 4.56. The highest BCUT2D eigenvalue weighted by atomic mass is 19.3. The molecule has 0 saturated carbocycles. The SMILES string of the molecule is CCOc1cccc(CNC(=NC)NCCc2c(C)nn(C)c2C)c1OC(F)F. The number of nitrogens with zero attached hydrogens (tertiary/aromatic N) is 3. The average Bonchev–Trinajstić information content (AvgIpc) is 2.92. The van der Waals surface area contributed by atoms with E-state index in [9.17, 15) is 8.78 Å². The van der Waals surface area contributed by atoms with Gasteiger partial charge in [-0.15, -0.1) is 0 Å². The summed E-state index contributed by atoms with van der Waals surface area (Å²) in [5.74, 6) is 0.889. The third kappa shape index (κ3) is 6.07. The molecular weight excluding hydrogens is 380 g/mol. The predicted octanol–water partition coefficient (Wildman–Crippen LogP) is 2.94. The first-order valence-corrected chi connectivity index (χ1v) is 9.50. The molecule has 7 nitrogen and oxygen atoms in total. The van der Waals surface area contributed by atoms with Gasteiger partial charge in [-0.05, 0) is 38.8 Å². The van der Waals surface area contributed by atoms with Crippen LogP contribution in [0.1, 0.15) is 29.4 Å². The Morgan fingerprint density at radius 3 is 2.62 bits per heavy atom. The summed E-state index contributed by atoms with van der Waals surface area (Å²) in [5, 5.41) is 10.8. The topological polar surface area (TPSA) is 72.7 Å². The van der Waals surface area contributed by atoms with Crippen LogP contribution in [0.3, 0.4) is 0 Å². The van der Waals surface area contributed by atoms with Gasteiger partial charge in [0.2, 0.25) is 0 Å². The van der Waals surface area contributed by atoms with E-state index in [4.69, 9.17) is 9.47 Å². The molecule has 9 heteroatoms. The summed E-state index contributed by atoms with van der Waals surface area (Å²) in [5.41, 5.74) is 3.90. The monoisotopic (exact) mass is 409 g/mol. The Morgan fingerprint density at radius 1 is 1.28 bits per heavy atom. The van der Waals surface area contributed by atoms with Crippen molar-refractivity contribution in [2.75, 3.05) is 20.2 Å². The first-order valence-electron chi connectivity index (χ1n) is 9.50. The average molecular weight is 409 g/mol. The van der Waals surface area contributed by atoms with Gasteiger partial charge in [0.05, 0.1) is 12.3 Å². The van der Waals surface area contributed by atoms with Gasteiger partial charge in [0.15, 0.2) is 17.5 Å². The number of halogens is 2. The van der Waals surface area contributed by atoms with E-state index in [-0.39, 0.29) is 18.0 Å². The highest BCUT2D eigenvalue weighted by molar-refractivity contribution is 5.79. The van der Waals surface area contributed by atoms with E-state index >= 15 is 0 Å². The first-order chi connectivity index (χ1) is 13.9. The largest absolute Gasteiger partial charge is 0.490 e. The number of alkyl halides is 2. The highest BCUT2D eigenvalue weighted by Gasteiger charge is 2.16. The minimum absolute atomic E-state index is 0.0360. The zero-order valence-electron chi connectivity index (χ0n) is 17.6. The second-order valence-corrected chi connectivity index (χ2v) is 6.43. The second kappa shape index (κ2) is 10.6. The van der Waals surface area contributed by atoms with E-state index in [1.54, 1.807) is 32.2 Å². The Balaban J connectivity index is 1.99. The molecule has 2 aromatic rings. The highest BCUT2D eigenvalue weighted by Crippen LogP contribution is 2.32. The Labute approximate surface area is 170 Å². The molecule has 2 rings (SSSR count). The van der Waals surface area contributed by atoms with Crippen molar-refractivity contribution < 1.29 is 18.3 Å². The molecule has 0 spiro atoms. The number of ether oxygens (including phenoxy) is 2. The van der Waals surface area contributed by atoms with Crippen LogP contribution >= 0.6 is 0 Å². The number of hydrogen-bond donors (Lipinski definition) is 2. The molecule has 29 heavy (non-hydrogen) atoms. The molecule has 160 valence electrons. The molecule has 0 aliphatic rings. The van der Waals surface area contributed by atoms with Crippen molar-refractivity contribution in [2.24, 2.45) is 12.0 Å². The summed E-state index contributed by atoms with van der Waals surface area (Å²) in [6.45, 7) is 4.16. The van der Waals surface area contributed by atoms with Gasteiger partial charge in [-0.25, -0.2) is 0 Å². The zero-order valence-corrected chi connectivity index (χ0v) is 17.6. The molecular formula is C20H29F2N5O2. The van der Waals surface area contributed by atoms with Gasteiger partial charge >= 0.3 is 6.61 Å². The minimum Gasteiger partial charge on any atom is -0.490 e. The normalized spacial score (nSPS) is 11.7.